The lowest BCUT2D eigenvalue weighted by Gasteiger charge is -2.03. The Labute approximate surface area is 110 Å². The average molecular weight is 285 g/mol. The second-order valence-electron chi connectivity index (χ2n) is 3.84. The summed E-state index contributed by atoms with van der Waals surface area (Å²) in [7, 11) is -4.25. The molecule has 0 unspecified atom stereocenters. The predicted octanol–water partition coefficient (Wildman–Crippen LogP) is 1.67. The van der Waals surface area contributed by atoms with Crippen LogP contribution in [0.2, 0.25) is 0 Å². The van der Waals surface area contributed by atoms with Crippen LogP contribution in [0.25, 0.3) is 0 Å². The summed E-state index contributed by atoms with van der Waals surface area (Å²) in [6.45, 7) is 2.06. The molecule has 0 saturated heterocycles. The molecule has 0 rings (SSSR count). The molecule has 2 N–H and O–H groups in total. The minimum absolute atomic E-state index is 0.0718. The predicted molar refractivity (Wildman–Crippen MR) is 71.9 cm³/mol. The smallest absolute Gasteiger partial charge is 0.316 e. The third kappa shape index (κ3) is 16.2. The molecule has 0 aliphatic rings. The second kappa shape index (κ2) is 11.3. The quantitative estimate of drug-likeness (QED) is 0.289. The van der Waals surface area contributed by atoms with Gasteiger partial charge in [-0.25, -0.2) is 4.18 Å². The van der Waals surface area contributed by atoms with Crippen LogP contribution in [0.1, 0.15) is 38.5 Å². The first kappa shape index (κ1) is 17.2. The number of thiol groups is 1. The summed E-state index contributed by atoms with van der Waals surface area (Å²) >= 11 is 4.10. The van der Waals surface area contributed by atoms with Crippen LogP contribution < -0.4 is 5.32 Å². The van der Waals surface area contributed by atoms with Crippen molar-refractivity contribution in [1.29, 1.82) is 0 Å². The average Bonchev–Trinajstić information content (AvgIpc) is 2.24. The van der Waals surface area contributed by atoms with E-state index in [0.717, 1.165) is 44.5 Å². The molecule has 5 nitrogen and oxygen atoms in total. The van der Waals surface area contributed by atoms with Gasteiger partial charge < -0.3 is 5.32 Å². The fourth-order valence-electron chi connectivity index (χ4n) is 1.43. The molecule has 0 bridgehead atoms. The van der Waals surface area contributed by atoms with Gasteiger partial charge in [-0.15, -0.1) is 0 Å². The second-order valence-corrected chi connectivity index (χ2v) is 5.38. The molecule has 17 heavy (non-hydrogen) atoms. The van der Waals surface area contributed by atoms with E-state index in [-0.39, 0.29) is 6.61 Å². The zero-order valence-electron chi connectivity index (χ0n) is 10.1. The van der Waals surface area contributed by atoms with E-state index < -0.39 is 10.4 Å². The first-order chi connectivity index (χ1) is 8.06. The maximum absolute atomic E-state index is 10.2. The third-order valence-electron chi connectivity index (χ3n) is 2.27. The van der Waals surface area contributed by atoms with E-state index >= 15 is 0 Å². The highest BCUT2D eigenvalue weighted by Crippen LogP contribution is 2.05. The standard InChI is InChI=1S/C10H23NO4S2/c12-17(13,14)15-9-6-4-2-1-3-5-7-11-8-10-16/h11,16H,1-10H2,(H,12,13,14). The topological polar surface area (TPSA) is 75.6 Å². The van der Waals surface area contributed by atoms with E-state index in [1.54, 1.807) is 0 Å². The van der Waals surface area contributed by atoms with E-state index in [1.165, 1.54) is 6.42 Å². The van der Waals surface area contributed by atoms with E-state index in [9.17, 15) is 8.42 Å². The van der Waals surface area contributed by atoms with Crippen molar-refractivity contribution in [3.63, 3.8) is 0 Å². The number of nitrogens with one attached hydrogen (secondary N) is 1. The Morgan fingerprint density at radius 3 is 2.18 bits per heavy atom. The molecule has 0 spiro atoms. The van der Waals surface area contributed by atoms with Gasteiger partial charge in [-0.1, -0.05) is 25.7 Å². The lowest BCUT2D eigenvalue weighted by molar-refractivity contribution is 0.261. The van der Waals surface area contributed by atoms with Gasteiger partial charge in [-0.05, 0) is 19.4 Å². The highest BCUT2D eigenvalue weighted by Gasteiger charge is 2.02. The van der Waals surface area contributed by atoms with Crippen LogP contribution in [-0.2, 0) is 14.6 Å². The normalized spacial score (nSPS) is 11.9. The van der Waals surface area contributed by atoms with Crippen molar-refractivity contribution < 1.29 is 17.2 Å². The van der Waals surface area contributed by atoms with Gasteiger partial charge in [-0.3, -0.25) is 4.55 Å². The molecular weight excluding hydrogens is 262 g/mol. The fraction of sp³-hybridized carbons (Fsp3) is 1.00. The van der Waals surface area contributed by atoms with Gasteiger partial charge in [0, 0.05) is 12.3 Å². The zero-order valence-corrected chi connectivity index (χ0v) is 11.8. The molecular formula is C10H23NO4S2. The number of unbranched alkanes of at least 4 members (excludes halogenated alkanes) is 5. The molecule has 0 fully saturated rings. The van der Waals surface area contributed by atoms with Gasteiger partial charge >= 0.3 is 10.4 Å². The van der Waals surface area contributed by atoms with Gasteiger partial charge in [0.05, 0.1) is 6.61 Å². The van der Waals surface area contributed by atoms with Crippen LogP contribution in [0.3, 0.4) is 0 Å². The Morgan fingerprint density at radius 2 is 1.59 bits per heavy atom. The minimum Gasteiger partial charge on any atom is -0.316 e. The van der Waals surface area contributed by atoms with Crippen LogP contribution in [-0.4, -0.2) is 38.4 Å². The Hall–Kier alpha value is 0.180. The molecule has 0 radical (unpaired) electrons. The van der Waals surface area contributed by atoms with Crippen LogP contribution >= 0.6 is 12.6 Å². The van der Waals surface area contributed by atoms with Gasteiger partial charge in [-0.2, -0.15) is 21.0 Å². The van der Waals surface area contributed by atoms with Crippen LogP contribution in [0.5, 0.6) is 0 Å². The summed E-state index contributed by atoms with van der Waals surface area (Å²) < 4.78 is 32.9. The maximum atomic E-state index is 10.2. The molecule has 0 aliphatic heterocycles. The number of rotatable bonds is 12. The molecule has 0 aromatic heterocycles. The van der Waals surface area contributed by atoms with E-state index in [4.69, 9.17) is 4.55 Å². The van der Waals surface area contributed by atoms with Crippen molar-refractivity contribution >= 4 is 23.0 Å². The largest absolute Gasteiger partial charge is 0.397 e. The summed E-state index contributed by atoms with van der Waals surface area (Å²) in [4.78, 5) is 0. The molecule has 0 amide bonds. The first-order valence-corrected chi connectivity index (χ1v) is 7.99. The van der Waals surface area contributed by atoms with Crippen molar-refractivity contribution in [2.24, 2.45) is 0 Å². The molecule has 0 aromatic carbocycles. The summed E-state index contributed by atoms with van der Waals surface area (Å²) in [5, 5.41) is 3.27. The molecule has 0 atom stereocenters. The van der Waals surface area contributed by atoms with Crippen LogP contribution in [0.15, 0.2) is 0 Å². The van der Waals surface area contributed by atoms with Crippen molar-refractivity contribution in [2.45, 2.75) is 38.5 Å². The monoisotopic (exact) mass is 285 g/mol. The van der Waals surface area contributed by atoms with Crippen molar-refractivity contribution in [1.82, 2.24) is 5.32 Å². The molecule has 7 heteroatoms. The van der Waals surface area contributed by atoms with E-state index in [2.05, 4.69) is 22.1 Å². The van der Waals surface area contributed by atoms with Crippen molar-refractivity contribution in [3.8, 4) is 0 Å². The van der Waals surface area contributed by atoms with Gasteiger partial charge in [0.25, 0.3) is 0 Å². The number of hydrogen-bond acceptors (Lipinski definition) is 5. The summed E-state index contributed by atoms with van der Waals surface area (Å²) in [5.74, 6) is 0.869. The molecule has 0 aliphatic carbocycles. The molecule has 104 valence electrons. The lowest BCUT2D eigenvalue weighted by atomic mass is 10.1. The first-order valence-electron chi connectivity index (χ1n) is 5.99. The Kier molecular flexibility index (Phi) is 11.4. The fourth-order valence-corrected chi connectivity index (χ4v) is 1.91. The van der Waals surface area contributed by atoms with Gasteiger partial charge in [0.2, 0.25) is 0 Å². The summed E-state index contributed by atoms with van der Waals surface area (Å²) in [6.07, 6.45) is 6.15. The highest BCUT2D eigenvalue weighted by molar-refractivity contribution is 7.80. The molecule has 0 saturated carbocycles. The van der Waals surface area contributed by atoms with Crippen LogP contribution in [0, 0.1) is 0 Å². The van der Waals surface area contributed by atoms with E-state index in [0.29, 0.717) is 6.42 Å². The van der Waals surface area contributed by atoms with Gasteiger partial charge in [0.1, 0.15) is 0 Å². The summed E-state index contributed by atoms with van der Waals surface area (Å²) in [6, 6.07) is 0. The van der Waals surface area contributed by atoms with Crippen LogP contribution in [0.4, 0.5) is 0 Å². The SMILES string of the molecule is O=S(=O)(O)OCCCCCCCCNCCS. The van der Waals surface area contributed by atoms with Crippen molar-refractivity contribution in [3.05, 3.63) is 0 Å². The Morgan fingerprint density at radius 1 is 1.00 bits per heavy atom. The van der Waals surface area contributed by atoms with E-state index in [1.807, 2.05) is 0 Å². The molecule has 0 aromatic rings. The minimum atomic E-state index is -4.25. The third-order valence-corrected chi connectivity index (χ3v) is 2.96. The number of hydrogen-bond donors (Lipinski definition) is 3. The maximum Gasteiger partial charge on any atom is 0.397 e. The highest BCUT2D eigenvalue weighted by atomic mass is 32.3. The summed E-state index contributed by atoms with van der Waals surface area (Å²) in [5.41, 5.74) is 0. The zero-order chi connectivity index (χ0) is 13.0. The Bertz CT molecular complexity index is 257. The van der Waals surface area contributed by atoms with Crippen molar-refractivity contribution in [2.75, 3.05) is 25.4 Å². The Balaban J connectivity index is 3.04. The lowest BCUT2D eigenvalue weighted by Crippen LogP contribution is -2.17. The molecule has 0 heterocycles. The van der Waals surface area contributed by atoms with Gasteiger partial charge in [0.15, 0.2) is 0 Å².